The topological polar surface area (TPSA) is 42.4 Å². The summed E-state index contributed by atoms with van der Waals surface area (Å²) in [4.78, 5) is 18.6. The third-order valence-electron chi connectivity index (χ3n) is 3.67. The fraction of sp³-hybridized carbons (Fsp3) is 0.294. The van der Waals surface area contributed by atoms with Crippen molar-refractivity contribution in [2.75, 3.05) is 19.7 Å². The molecule has 0 spiro atoms. The molecule has 22 heavy (non-hydrogen) atoms. The molecule has 2 aromatic rings. The molecule has 0 radical (unpaired) electrons. The Morgan fingerprint density at radius 2 is 2.05 bits per heavy atom. The highest BCUT2D eigenvalue weighted by molar-refractivity contribution is 9.10. The summed E-state index contributed by atoms with van der Waals surface area (Å²) in [6.07, 6.45) is 0.850. The Labute approximate surface area is 138 Å². The molecule has 1 aliphatic heterocycles. The van der Waals surface area contributed by atoms with Crippen LogP contribution < -0.4 is 0 Å². The molecule has 4 nitrogen and oxygen atoms in total. The number of benzene rings is 1. The Morgan fingerprint density at radius 1 is 1.23 bits per heavy atom. The molecule has 1 saturated heterocycles. The number of aromatic nitrogens is 1. The smallest absolute Gasteiger partial charge is 0.272 e. The minimum absolute atomic E-state index is 0.0345. The molecule has 0 saturated carbocycles. The Balaban J connectivity index is 1.66. The number of hydrogen-bond donors (Lipinski definition) is 0. The fourth-order valence-corrected chi connectivity index (χ4v) is 2.94. The van der Waals surface area contributed by atoms with Gasteiger partial charge in [0.1, 0.15) is 10.3 Å². The van der Waals surface area contributed by atoms with Gasteiger partial charge in [0.05, 0.1) is 12.7 Å². The highest BCUT2D eigenvalue weighted by Gasteiger charge is 2.25. The number of morpholine rings is 1. The van der Waals surface area contributed by atoms with E-state index in [9.17, 15) is 4.79 Å². The van der Waals surface area contributed by atoms with E-state index in [1.54, 1.807) is 6.07 Å². The minimum atomic E-state index is -0.0392. The van der Waals surface area contributed by atoms with Gasteiger partial charge in [0.15, 0.2) is 0 Å². The monoisotopic (exact) mass is 360 g/mol. The van der Waals surface area contributed by atoms with E-state index in [1.165, 1.54) is 5.56 Å². The van der Waals surface area contributed by atoms with Crippen LogP contribution in [0.25, 0.3) is 0 Å². The van der Waals surface area contributed by atoms with Gasteiger partial charge in [0, 0.05) is 19.5 Å². The Hall–Kier alpha value is -1.72. The molecule has 2 heterocycles. The average Bonchev–Trinajstić information content (AvgIpc) is 2.55. The molecule has 114 valence electrons. The van der Waals surface area contributed by atoms with Crippen LogP contribution in [-0.2, 0) is 11.2 Å². The molecule has 1 atom stereocenters. The summed E-state index contributed by atoms with van der Waals surface area (Å²) in [5.74, 6) is -0.0392. The molecular formula is C17H17BrN2O2. The zero-order valence-corrected chi connectivity index (χ0v) is 13.7. The highest BCUT2D eigenvalue weighted by Crippen LogP contribution is 2.15. The Bertz CT molecular complexity index is 648. The number of pyridine rings is 1. The van der Waals surface area contributed by atoms with Crippen LogP contribution in [0.3, 0.4) is 0 Å². The zero-order chi connectivity index (χ0) is 15.4. The SMILES string of the molecule is O=C(c1cccc(Br)n1)N1CCOC(Cc2ccccc2)C1. The number of rotatable bonds is 3. The molecule has 0 aliphatic carbocycles. The summed E-state index contributed by atoms with van der Waals surface area (Å²) in [7, 11) is 0. The van der Waals surface area contributed by atoms with E-state index >= 15 is 0 Å². The lowest BCUT2D eigenvalue weighted by Crippen LogP contribution is -2.46. The van der Waals surface area contributed by atoms with E-state index in [2.05, 4.69) is 33.0 Å². The summed E-state index contributed by atoms with van der Waals surface area (Å²) >= 11 is 3.30. The maximum atomic E-state index is 12.5. The van der Waals surface area contributed by atoms with Crippen molar-refractivity contribution in [1.82, 2.24) is 9.88 Å². The molecule has 1 fully saturated rings. The first-order valence-electron chi connectivity index (χ1n) is 7.30. The molecule has 1 amide bonds. The van der Waals surface area contributed by atoms with Crippen LogP contribution in [0.15, 0.2) is 53.1 Å². The van der Waals surface area contributed by atoms with Crippen molar-refractivity contribution in [1.29, 1.82) is 0 Å². The highest BCUT2D eigenvalue weighted by atomic mass is 79.9. The molecule has 1 aromatic carbocycles. The fourth-order valence-electron chi connectivity index (χ4n) is 2.59. The number of carbonyl (C=O) groups is 1. The lowest BCUT2D eigenvalue weighted by Gasteiger charge is -2.33. The van der Waals surface area contributed by atoms with Gasteiger partial charge >= 0.3 is 0 Å². The molecule has 0 N–H and O–H groups in total. The van der Waals surface area contributed by atoms with E-state index in [-0.39, 0.29) is 12.0 Å². The third-order valence-corrected chi connectivity index (χ3v) is 4.11. The van der Waals surface area contributed by atoms with Crippen molar-refractivity contribution < 1.29 is 9.53 Å². The lowest BCUT2D eigenvalue weighted by molar-refractivity contribution is -0.0210. The molecule has 1 aliphatic rings. The second-order valence-corrected chi connectivity index (χ2v) is 6.09. The maximum absolute atomic E-state index is 12.5. The molecule has 1 unspecified atom stereocenters. The maximum Gasteiger partial charge on any atom is 0.272 e. The first-order chi connectivity index (χ1) is 10.7. The lowest BCUT2D eigenvalue weighted by atomic mass is 10.1. The van der Waals surface area contributed by atoms with Crippen molar-refractivity contribution in [2.24, 2.45) is 0 Å². The second-order valence-electron chi connectivity index (χ2n) is 5.28. The van der Waals surface area contributed by atoms with Crippen LogP contribution in [0.2, 0.25) is 0 Å². The van der Waals surface area contributed by atoms with E-state index < -0.39 is 0 Å². The van der Waals surface area contributed by atoms with Crippen LogP contribution in [-0.4, -0.2) is 41.6 Å². The van der Waals surface area contributed by atoms with Gasteiger partial charge in [-0.1, -0.05) is 36.4 Å². The molecule has 0 bridgehead atoms. The third kappa shape index (κ3) is 3.72. The number of ether oxygens (including phenoxy) is 1. The van der Waals surface area contributed by atoms with Crippen LogP contribution in [0, 0.1) is 0 Å². The Morgan fingerprint density at radius 3 is 2.82 bits per heavy atom. The van der Waals surface area contributed by atoms with Crippen LogP contribution in [0.4, 0.5) is 0 Å². The summed E-state index contributed by atoms with van der Waals surface area (Å²) in [6.45, 7) is 1.78. The number of amides is 1. The second kappa shape index (κ2) is 7.03. The van der Waals surface area contributed by atoms with Gasteiger partial charge in [0.2, 0.25) is 0 Å². The molecule has 5 heteroatoms. The quantitative estimate of drug-likeness (QED) is 0.790. The first kappa shape index (κ1) is 15.2. The van der Waals surface area contributed by atoms with Crippen molar-refractivity contribution in [3.63, 3.8) is 0 Å². The number of halogens is 1. The number of hydrogen-bond acceptors (Lipinski definition) is 3. The van der Waals surface area contributed by atoms with E-state index in [0.29, 0.717) is 30.0 Å². The van der Waals surface area contributed by atoms with Gasteiger partial charge in [-0.2, -0.15) is 0 Å². The van der Waals surface area contributed by atoms with E-state index in [0.717, 1.165) is 6.42 Å². The van der Waals surface area contributed by atoms with Crippen molar-refractivity contribution in [3.05, 3.63) is 64.4 Å². The first-order valence-corrected chi connectivity index (χ1v) is 8.09. The van der Waals surface area contributed by atoms with Gasteiger partial charge < -0.3 is 9.64 Å². The normalized spacial score (nSPS) is 18.2. The summed E-state index contributed by atoms with van der Waals surface area (Å²) in [5, 5.41) is 0. The van der Waals surface area contributed by atoms with Crippen molar-refractivity contribution >= 4 is 21.8 Å². The molecule has 1 aromatic heterocycles. The summed E-state index contributed by atoms with van der Waals surface area (Å²) < 4.78 is 6.47. The number of carbonyl (C=O) groups excluding carboxylic acids is 1. The Kier molecular flexibility index (Phi) is 4.85. The van der Waals surface area contributed by atoms with E-state index in [4.69, 9.17) is 4.74 Å². The number of nitrogens with zero attached hydrogens (tertiary/aromatic N) is 2. The molecule has 3 rings (SSSR count). The predicted molar refractivity (Wildman–Crippen MR) is 87.7 cm³/mol. The summed E-state index contributed by atoms with van der Waals surface area (Å²) in [6, 6.07) is 15.6. The largest absolute Gasteiger partial charge is 0.374 e. The van der Waals surface area contributed by atoms with Gasteiger partial charge in [-0.15, -0.1) is 0 Å². The van der Waals surface area contributed by atoms with Crippen LogP contribution in [0.1, 0.15) is 16.1 Å². The molecular weight excluding hydrogens is 344 g/mol. The van der Waals surface area contributed by atoms with Crippen LogP contribution in [0.5, 0.6) is 0 Å². The standard InChI is InChI=1S/C17H17BrN2O2/c18-16-8-4-7-15(19-16)17(21)20-9-10-22-14(12-20)11-13-5-2-1-3-6-13/h1-8,14H,9-12H2. The van der Waals surface area contributed by atoms with Crippen LogP contribution >= 0.6 is 15.9 Å². The minimum Gasteiger partial charge on any atom is -0.374 e. The predicted octanol–water partition coefficient (Wildman–Crippen LogP) is 2.93. The van der Waals surface area contributed by atoms with Crippen molar-refractivity contribution in [2.45, 2.75) is 12.5 Å². The van der Waals surface area contributed by atoms with Gasteiger partial charge in [-0.25, -0.2) is 4.98 Å². The van der Waals surface area contributed by atoms with Gasteiger partial charge in [-0.3, -0.25) is 4.79 Å². The van der Waals surface area contributed by atoms with Crippen molar-refractivity contribution in [3.8, 4) is 0 Å². The zero-order valence-electron chi connectivity index (χ0n) is 12.1. The van der Waals surface area contributed by atoms with E-state index in [1.807, 2.05) is 35.2 Å². The average molecular weight is 361 g/mol. The van der Waals surface area contributed by atoms with Gasteiger partial charge in [-0.05, 0) is 33.6 Å². The summed E-state index contributed by atoms with van der Waals surface area (Å²) in [5.41, 5.74) is 1.69. The van der Waals surface area contributed by atoms with Gasteiger partial charge in [0.25, 0.3) is 5.91 Å².